The summed E-state index contributed by atoms with van der Waals surface area (Å²) < 4.78 is 11.4. The first-order valence-corrected chi connectivity index (χ1v) is 8.42. The van der Waals surface area contributed by atoms with E-state index in [0.717, 1.165) is 25.0 Å². The number of rotatable bonds is 5. The molecule has 0 unspecified atom stereocenters. The van der Waals surface area contributed by atoms with E-state index in [2.05, 4.69) is 5.32 Å². The minimum atomic E-state index is -0.219. The van der Waals surface area contributed by atoms with Crippen molar-refractivity contribution < 1.29 is 14.3 Å². The number of carbonyl (C=O) groups excluding carboxylic acids is 1. The average Bonchev–Trinajstić information content (AvgIpc) is 3.10. The molecule has 4 nitrogen and oxygen atoms in total. The van der Waals surface area contributed by atoms with Crippen LogP contribution in [0.5, 0.6) is 5.75 Å². The van der Waals surface area contributed by atoms with Gasteiger partial charge in [-0.2, -0.15) is 0 Å². The summed E-state index contributed by atoms with van der Waals surface area (Å²) in [5, 5.41) is 3.48. The van der Waals surface area contributed by atoms with Crippen LogP contribution in [0.25, 0.3) is 0 Å². The second kappa shape index (κ2) is 7.69. The molecule has 1 N–H and O–H groups in total. The fraction of sp³-hybridized carbons (Fsp3) is 0.316. The number of ether oxygens (including phenoxy) is 2. The van der Waals surface area contributed by atoms with Crippen molar-refractivity contribution in [2.24, 2.45) is 0 Å². The summed E-state index contributed by atoms with van der Waals surface area (Å²) >= 11 is 6.01. The number of aryl methyl sites for hydroxylation is 1. The zero-order valence-electron chi connectivity index (χ0n) is 13.5. The van der Waals surface area contributed by atoms with E-state index < -0.39 is 0 Å². The van der Waals surface area contributed by atoms with Gasteiger partial charge in [-0.1, -0.05) is 29.8 Å². The quantitative estimate of drug-likeness (QED) is 0.870. The number of hydrogen-bond donors (Lipinski definition) is 1. The van der Waals surface area contributed by atoms with E-state index in [9.17, 15) is 4.79 Å². The van der Waals surface area contributed by atoms with Crippen LogP contribution in [-0.2, 0) is 4.74 Å². The average molecular weight is 346 g/mol. The monoisotopic (exact) mass is 345 g/mol. The first-order valence-electron chi connectivity index (χ1n) is 8.04. The molecule has 1 aliphatic rings. The molecular formula is C19H20ClNO3. The van der Waals surface area contributed by atoms with E-state index in [-0.39, 0.29) is 12.0 Å². The summed E-state index contributed by atoms with van der Waals surface area (Å²) in [5.41, 5.74) is 2.14. The lowest BCUT2D eigenvalue weighted by Crippen LogP contribution is -2.19. The summed E-state index contributed by atoms with van der Waals surface area (Å²) in [6.07, 6.45) is 2.16. The molecule has 2 aromatic rings. The fourth-order valence-electron chi connectivity index (χ4n) is 2.66. The van der Waals surface area contributed by atoms with Gasteiger partial charge in [0.15, 0.2) is 0 Å². The van der Waals surface area contributed by atoms with Crippen molar-refractivity contribution in [3.8, 4) is 5.75 Å². The predicted molar refractivity (Wildman–Crippen MR) is 95.1 cm³/mol. The molecule has 0 saturated carbocycles. The normalized spacial score (nSPS) is 16.8. The smallest absolute Gasteiger partial charge is 0.259 e. The van der Waals surface area contributed by atoms with Crippen LogP contribution < -0.4 is 10.1 Å². The third kappa shape index (κ3) is 4.08. The molecule has 0 bridgehead atoms. The molecule has 1 heterocycles. The van der Waals surface area contributed by atoms with Crippen molar-refractivity contribution in [1.82, 2.24) is 0 Å². The van der Waals surface area contributed by atoms with Crippen molar-refractivity contribution >= 4 is 23.2 Å². The standard InChI is InChI=1S/C19H20ClNO3/c1-13-8-9-14(20)11-17(13)21-19(22)16-6-2-3-7-18(16)24-12-15-5-4-10-23-15/h2-3,6-9,11,15H,4-5,10,12H2,1H3,(H,21,22)/t15-/m0/s1. The van der Waals surface area contributed by atoms with E-state index in [4.69, 9.17) is 21.1 Å². The molecule has 3 rings (SSSR count). The van der Waals surface area contributed by atoms with Gasteiger partial charge in [0.05, 0.1) is 11.7 Å². The number of anilines is 1. The molecule has 24 heavy (non-hydrogen) atoms. The minimum Gasteiger partial charge on any atom is -0.490 e. The van der Waals surface area contributed by atoms with Crippen LogP contribution in [0.15, 0.2) is 42.5 Å². The Balaban J connectivity index is 1.73. The van der Waals surface area contributed by atoms with Gasteiger partial charge < -0.3 is 14.8 Å². The van der Waals surface area contributed by atoms with Crippen molar-refractivity contribution in [2.45, 2.75) is 25.9 Å². The zero-order valence-corrected chi connectivity index (χ0v) is 14.3. The second-order valence-corrected chi connectivity index (χ2v) is 6.29. The number of para-hydroxylation sites is 1. The minimum absolute atomic E-state index is 0.108. The maximum atomic E-state index is 12.6. The largest absolute Gasteiger partial charge is 0.490 e. The molecule has 1 fully saturated rings. The number of amides is 1. The molecule has 1 atom stereocenters. The van der Waals surface area contributed by atoms with E-state index in [0.29, 0.717) is 28.6 Å². The Kier molecular flexibility index (Phi) is 5.38. The molecule has 126 valence electrons. The van der Waals surface area contributed by atoms with Crippen LogP contribution in [-0.4, -0.2) is 25.2 Å². The lowest BCUT2D eigenvalue weighted by molar-refractivity contribution is 0.0673. The molecule has 0 aromatic heterocycles. The predicted octanol–water partition coefficient (Wildman–Crippen LogP) is 4.46. The van der Waals surface area contributed by atoms with Crippen LogP contribution in [0, 0.1) is 6.92 Å². The summed E-state index contributed by atoms with van der Waals surface area (Å²) in [7, 11) is 0. The van der Waals surface area contributed by atoms with Gasteiger partial charge in [0, 0.05) is 17.3 Å². The number of carbonyl (C=O) groups is 1. The highest BCUT2D eigenvalue weighted by Gasteiger charge is 2.18. The summed E-state index contributed by atoms with van der Waals surface area (Å²) in [6.45, 7) is 3.16. The Hall–Kier alpha value is -2.04. The molecular weight excluding hydrogens is 326 g/mol. The number of nitrogens with one attached hydrogen (secondary N) is 1. The summed E-state index contributed by atoms with van der Waals surface area (Å²) in [5.74, 6) is 0.341. The lowest BCUT2D eigenvalue weighted by Gasteiger charge is -2.15. The van der Waals surface area contributed by atoms with Crippen LogP contribution in [0.2, 0.25) is 5.02 Å². The molecule has 0 radical (unpaired) electrons. The van der Waals surface area contributed by atoms with Crippen molar-refractivity contribution in [2.75, 3.05) is 18.5 Å². The molecule has 1 saturated heterocycles. The van der Waals surface area contributed by atoms with Crippen molar-refractivity contribution in [3.05, 3.63) is 58.6 Å². The number of benzene rings is 2. The SMILES string of the molecule is Cc1ccc(Cl)cc1NC(=O)c1ccccc1OC[C@@H]1CCCO1. The maximum absolute atomic E-state index is 12.6. The molecule has 0 aliphatic carbocycles. The second-order valence-electron chi connectivity index (χ2n) is 5.86. The van der Waals surface area contributed by atoms with Gasteiger partial charge in [0.25, 0.3) is 5.91 Å². The van der Waals surface area contributed by atoms with Crippen LogP contribution in [0.4, 0.5) is 5.69 Å². The van der Waals surface area contributed by atoms with Crippen LogP contribution >= 0.6 is 11.6 Å². The Morgan fingerprint density at radius 1 is 1.33 bits per heavy atom. The highest BCUT2D eigenvalue weighted by Crippen LogP contribution is 2.24. The first-order chi connectivity index (χ1) is 11.6. The van der Waals surface area contributed by atoms with E-state index in [1.54, 1.807) is 24.3 Å². The van der Waals surface area contributed by atoms with Crippen LogP contribution in [0.3, 0.4) is 0 Å². The Morgan fingerprint density at radius 3 is 2.96 bits per heavy atom. The first kappa shape index (κ1) is 16.8. The highest BCUT2D eigenvalue weighted by molar-refractivity contribution is 6.31. The molecule has 2 aromatic carbocycles. The Morgan fingerprint density at radius 2 is 2.17 bits per heavy atom. The van der Waals surface area contributed by atoms with Gasteiger partial charge in [-0.05, 0) is 49.6 Å². The number of hydrogen-bond acceptors (Lipinski definition) is 3. The van der Waals surface area contributed by atoms with E-state index in [1.165, 1.54) is 0 Å². The van der Waals surface area contributed by atoms with E-state index >= 15 is 0 Å². The zero-order chi connectivity index (χ0) is 16.9. The van der Waals surface area contributed by atoms with Gasteiger partial charge in [0.1, 0.15) is 12.4 Å². The van der Waals surface area contributed by atoms with Crippen LogP contribution in [0.1, 0.15) is 28.8 Å². The third-order valence-electron chi connectivity index (χ3n) is 4.03. The van der Waals surface area contributed by atoms with Crippen molar-refractivity contribution in [3.63, 3.8) is 0 Å². The summed E-state index contributed by atoms with van der Waals surface area (Å²) in [4.78, 5) is 12.6. The summed E-state index contributed by atoms with van der Waals surface area (Å²) in [6, 6.07) is 12.6. The number of halogens is 1. The molecule has 0 spiro atoms. The third-order valence-corrected chi connectivity index (χ3v) is 4.26. The van der Waals surface area contributed by atoms with Gasteiger partial charge >= 0.3 is 0 Å². The van der Waals surface area contributed by atoms with Gasteiger partial charge in [0.2, 0.25) is 0 Å². The molecule has 1 amide bonds. The van der Waals surface area contributed by atoms with Gasteiger partial charge in [-0.25, -0.2) is 0 Å². The van der Waals surface area contributed by atoms with E-state index in [1.807, 2.05) is 25.1 Å². The lowest BCUT2D eigenvalue weighted by atomic mass is 10.1. The Bertz CT molecular complexity index is 726. The highest BCUT2D eigenvalue weighted by atomic mass is 35.5. The van der Waals surface area contributed by atoms with Gasteiger partial charge in [-0.15, -0.1) is 0 Å². The molecule has 1 aliphatic heterocycles. The topological polar surface area (TPSA) is 47.6 Å². The van der Waals surface area contributed by atoms with Crippen molar-refractivity contribution in [1.29, 1.82) is 0 Å². The fourth-order valence-corrected chi connectivity index (χ4v) is 2.83. The Labute approximate surface area is 146 Å². The maximum Gasteiger partial charge on any atom is 0.259 e. The molecule has 5 heteroatoms. The van der Waals surface area contributed by atoms with Gasteiger partial charge in [-0.3, -0.25) is 4.79 Å².